The van der Waals surface area contributed by atoms with Crippen LogP contribution in [0.25, 0.3) is 0 Å². The lowest BCUT2D eigenvalue weighted by molar-refractivity contribution is 0.681. The predicted molar refractivity (Wildman–Crippen MR) is 49.3 cm³/mol. The van der Waals surface area contributed by atoms with Crippen LogP contribution >= 0.6 is 11.8 Å². The minimum Gasteiger partial charge on any atom is -0.303 e. The Hall–Kier alpha value is -0.130. The van der Waals surface area contributed by atoms with Crippen LogP contribution in [-0.4, -0.2) is 24.1 Å². The van der Waals surface area contributed by atoms with Crippen LogP contribution in [0, 0.1) is 12.3 Å². The molecular weight excluding hydrogens is 142 g/mol. The second-order valence-electron chi connectivity index (χ2n) is 2.04. The van der Waals surface area contributed by atoms with E-state index in [0.29, 0.717) is 0 Å². The zero-order valence-corrected chi connectivity index (χ0v) is 7.50. The van der Waals surface area contributed by atoms with Crippen molar-refractivity contribution in [3.63, 3.8) is 0 Å². The highest BCUT2D eigenvalue weighted by atomic mass is 32.2. The zero-order valence-electron chi connectivity index (χ0n) is 6.68. The van der Waals surface area contributed by atoms with E-state index in [9.17, 15) is 0 Å². The van der Waals surface area contributed by atoms with E-state index < -0.39 is 0 Å². The molecule has 0 heterocycles. The third-order valence-electron chi connectivity index (χ3n) is 1.15. The SMILES string of the molecule is C#CC(C)NCCSCC. The highest BCUT2D eigenvalue weighted by Crippen LogP contribution is 1.95. The molecule has 0 fully saturated rings. The molecule has 0 aromatic heterocycles. The van der Waals surface area contributed by atoms with Gasteiger partial charge in [0.1, 0.15) is 0 Å². The number of hydrogen-bond donors (Lipinski definition) is 1. The van der Waals surface area contributed by atoms with E-state index in [2.05, 4.69) is 18.2 Å². The Balaban J connectivity index is 2.98. The van der Waals surface area contributed by atoms with Gasteiger partial charge in [-0.1, -0.05) is 12.8 Å². The molecule has 0 saturated carbocycles. The molecule has 0 aliphatic heterocycles. The van der Waals surface area contributed by atoms with Gasteiger partial charge in [-0.05, 0) is 12.7 Å². The second kappa shape index (κ2) is 6.98. The second-order valence-corrected chi connectivity index (χ2v) is 3.43. The van der Waals surface area contributed by atoms with E-state index >= 15 is 0 Å². The predicted octanol–water partition coefficient (Wildman–Crippen LogP) is 1.35. The summed E-state index contributed by atoms with van der Waals surface area (Å²) in [5, 5.41) is 3.21. The first-order valence-corrected chi connectivity index (χ1v) is 4.74. The third kappa shape index (κ3) is 6.00. The molecule has 2 heteroatoms. The van der Waals surface area contributed by atoms with Crippen molar-refractivity contribution in [2.45, 2.75) is 19.9 Å². The van der Waals surface area contributed by atoms with E-state index in [-0.39, 0.29) is 6.04 Å². The number of thioether (sulfide) groups is 1. The van der Waals surface area contributed by atoms with Crippen LogP contribution in [0.3, 0.4) is 0 Å². The molecule has 1 N–H and O–H groups in total. The van der Waals surface area contributed by atoms with E-state index in [4.69, 9.17) is 6.42 Å². The van der Waals surface area contributed by atoms with E-state index in [1.54, 1.807) is 0 Å². The van der Waals surface area contributed by atoms with Gasteiger partial charge in [-0.2, -0.15) is 11.8 Å². The third-order valence-corrected chi connectivity index (χ3v) is 2.05. The number of nitrogens with one attached hydrogen (secondary N) is 1. The summed E-state index contributed by atoms with van der Waals surface area (Å²) in [5.74, 6) is 4.96. The Morgan fingerprint density at radius 1 is 1.70 bits per heavy atom. The highest BCUT2D eigenvalue weighted by Gasteiger charge is 1.92. The summed E-state index contributed by atoms with van der Waals surface area (Å²) in [6.45, 7) is 5.18. The molecule has 0 radical (unpaired) electrons. The largest absolute Gasteiger partial charge is 0.303 e. The summed E-state index contributed by atoms with van der Waals surface area (Å²) in [4.78, 5) is 0. The van der Waals surface area contributed by atoms with Gasteiger partial charge in [0.05, 0.1) is 6.04 Å². The van der Waals surface area contributed by atoms with Crippen LogP contribution in [0.1, 0.15) is 13.8 Å². The molecule has 0 saturated heterocycles. The van der Waals surface area contributed by atoms with Crippen molar-refractivity contribution < 1.29 is 0 Å². The van der Waals surface area contributed by atoms with Gasteiger partial charge in [-0.15, -0.1) is 6.42 Å². The molecule has 10 heavy (non-hydrogen) atoms. The smallest absolute Gasteiger partial charge is 0.0658 e. The van der Waals surface area contributed by atoms with Crippen LogP contribution in [0.5, 0.6) is 0 Å². The molecule has 0 aromatic rings. The normalized spacial score (nSPS) is 12.5. The van der Waals surface area contributed by atoms with Crippen molar-refractivity contribution in [3.05, 3.63) is 0 Å². The van der Waals surface area contributed by atoms with Gasteiger partial charge in [0.25, 0.3) is 0 Å². The maximum Gasteiger partial charge on any atom is 0.0658 e. The Morgan fingerprint density at radius 3 is 2.90 bits per heavy atom. The molecule has 0 rings (SSSR count). The fourth-order valence-electron chi connectivity index (χ4n) is 0.551. The molecule has 0 amide bonds. The minimum absolute atomic E-state index is 0.220. The van der Waals surface area contributed by atoms with Crippen molar-refractivity contribution in [2.75, 3.05) is 18.1 Å². The van der Waals surface area contributed by atoms with Crippen molar-refractivity contribution in [2.24, 2.45) is 0 Å². The van der Waals surface area contributed by atoms with Gasteiger partial charge < -0.3 is 5.32 Å². The first-order chi connectivity index (χ1) is 4.81. The van der Waals surface area contributed by atoms with Crippen LogP contribution in [0.15, 0.2) is 0 Å². The number of rotatable bonds is 5. The van der Waals surface area contributed by atoms with Crippen molar-refractivity contribution in [1.82, 2.24) is 5.32 Å². The molecule has 1 unspecified atom stereocenters. The summed E-state index contributed by atoms with van der Waals surface area (Å²) in [6, 6.07) is 0.220. The fraction of sp³-hybridized carbons (Fsp3) is 0.750. The lowest BCUT2D eigenvalue weighted by atomic mass is 10.4. The summed E-state index contributed by atoms with van der Waals surface area (Å²) < 4.78 is 0. The van der Waals surface area contributed by atoms with E-state index in [1.165, 1.54) is 5.75 Å². The maximum atomic E-state index is 5.17. The standard InChI is InChI=1S/C8H15NS/c1-4-8(3)9-6-7-10-5-2/h1,8-9H,5-7H2,2-3H3. The van der Waals surface area contributed by atoms with Gasteiger partial charge in [-0.25, -0.2) is 0 Å². The van der Waals surface area contributed by atoms with Crippen molar-refractivity contribution in [3.8, 4) is 12.3 Å². The van der Waals surface area contributed by atoms with Gasteiger partial charge >= 0.3 is 0 Å². The molecular formula is C8H15NS. The first-order valence-electron chi connectivity index (χ1n) is 3.58. The first kappa shape index (κ1) is 9.87. The average Bonchev–Trinajstić information content (AvgIpc) is 1.98. The van der Waals surface area contributed by atoms with Crippen LogP contribution in [-0.2, 0) is 0 Å². The van der Waals surface area contributed by atoms with Crippen molar-refractivity contribution >= 4 is 11.8 Å². The van der Waals surface area contributed by atoms with E-state index in [0.717, 1.165) is 12.3 Å². The topological polar surface area (TPSA) is 12.0 Å². The van der Waals surface area contributed by atoms with Crippen molar-refractivity contribution in [1.29, 1.82) is 0 Å². The lowest BCUT2D eigenvalue weighted by Gasteiger charge is -2.05. The van der Waals surface area contributed by atoms with Gasteiger partial charge in [0.15, 0.2) is 0 Å². The zero-order chi connectivity index (χ0) is 7.82. The van der Waals surface area contributed by atoms with Gasteiger partial charge in [0, 0.05) is 12.3 Å². The highest BCUT2D eigenvalue weighted by molar-refractivity contribution is 7.99. The summed E-state index contributed by atoms with van der Waals surface area (Å²) in [7, 11) is 0. The molecule has 0 aliphatic rings. The minimum atomic E-state index is 0.220. The summed E-state index contributed by atoms with van der Waals surface area (Å²) >= 11 is 1.93. The Labute approximate surface area is 68.0 Å². The Kier molecular flexibility index (Phi) is 6.89. The molecule has 58 valence electrons. The van der Waals surface area contributed by atoms with Gasteiger partial charge in [0.2, 0.25) is 0 Å². The fourth-order valence-corrected chi connectivity index (χ4v) is 1.10. The lowest BCUT2D eigenvalue weighted by Crippen LogP contribution is -2.26. The quantitative estimate of drug-likeness (QED) is 0.477. The van der Waals surface area contributed by atoms with Crippen LogP contribution in [0.2, 0.25) is 0 Å². The Morgan fingerprint density at radius 2 is 2.40 bits per heavy atom. The van der Waals surface area contributed by atoms with Crippen LogP contribution in [0.4, 0.5) is 0 Å². The van der Waals surface area contributed by atoms with Gasteiger partial charge in [-0.3, -0.25) is 0 Å². The van der Waals surface area contributed by atoms with E-state index in [1.807, 2.05) is 18.7 Å². The number of terminal acetylenes is 1. The molecule has 1 atom stereocenters. The molecule has 1 nitrogen and oxygen atoms in total. The maximum absolute atomic E-state index is 5.17. The van der Waals surface area contributed by atoms with Crippen LogP contribution < -0.4 is 5.32 Å². The number of hydrogen-bond acceptors (Lipinski definition) is 2. The molecule has 0 bridgehead atoms. The summed E-state index contributed by atoms with van der Waals surface area (Å²) in [5.41, 5.74) is 0. The Bertz CT molecular complexity index is 106. The average molecular weight is 157 g/mol. The monoisotopic (exact) mass is 157 g/mol. The molecule has 0 aromatic carbocycles. The summed E-state index contributed by atoms with van der Waals surface area (Å²) in [6.07, 6.45) is 5.17. The molecule has 0 spiro atoms. The molecule has 0 aliphatic carbocycles.